The summed E-state index contributed by atoms with van der Waals surface area (Å²) >= 11 is 1.20. The molecular formula is C26H20F3N3O3S. The number of carboxylic acids is 1. The molecule has 184 valence electrons. The van der Waals surface area contributed by atoms with Gasteiger partial charge < -0.3 is 9.63 Å². The largest absolute Gasteiger partial charge is 0.481 e. The fourth-order valence-corrected chi connectivity index (χ4v) is 6.02. The number of rotatable bonds is 5. The monoisotopic (exact) mass is 511 g/mol. The SMILES string of the molecule is O=C(O)C1CN(Cc2ccc3c(c2)CCc2nc(-c4noc(-c5ccccc5)c4C(F)(F)F)sc2-3)C1. The maximum absolute atomic E-state index is 14.1. The van der Waals surface area contributed by atoms with E-state index in [9.17, 15) is 18.0 Å². The Labute approximate surface area is 208 Å². The van der Waals surface area contributed by atoms with E-state index in [0.29, 0.717) is 31.6 Å². The maximum atomic E-state index is 14.1. The second kappa shape index (κ2) is 8.56. The first-order valence-electron chi connectivity index (χ1n) is 11.5. The van der Waals surface area contributed by atoms with Crippen LogP contribution >= 0.6 is 11.3 Å². The zero-order valence-corrected chi connectivity index (χ0v) is 19.7. The third-order valence-corrected chi connectivity index (χ3v) is 7.81. The van der Waals surface area contributed by atoms with Crippen molar-refractivity contribution in [3.8, 4) is 32.5 Å². The van der Waals surface area contributed by atoms with Crippen molar-refractivity contribution in [2.45, 2.75) is 25.6 Å². The van der Waals surface area contributed by atoms with Crippen molar-refractivity contribution in [3.63, 3.8) is 0 Å². The molecule has 3 heterocycles. The van der Waals surface area contributed by atoms with Crippen LogP contribution in [0, 0.1) is 5.92 Å². The van der Waals surface area contributed by atoms with Gasteiger partial charge in [-0.25, -0.2) is 4.98 Å². The molecule has 2 aromatic carbocycles. The van der Waals surface area contributed by atoms with E-state index in [1.807, 2.05) is 12.1 Å². The summed E-state index contributed by atoms with van der Waals surface area (Å²) in [6, 6.07) is 14.2. The van der Waals surface area contributed by atoms with E-state index < -0.39 is 17.7 Å². The molecule has 1 N–H and O–H groups in total. The summed E-state index contributed by atoms with van der Waals surface area (Å²) in [6.45, 7) is 1.76. The molecule has 0 unspecified atom stereocenters. The molecule has 10 heteroatoms. The number of nitrogens with zero attached hydrogens (tertiary/aromatic N) is 3. The lowest BCUT2D eigenvalue weighted by Gasteiger charge is -2.36. The minimum absolute atomic E-state index is 0.190. The van der Waals surface area contributed by atoms with Crippen molar-refractivity contribution in [1.82, 2.24) is 15.0 Å². The van der Waals surface area contributed by atoms with Gasteiger partial charge in [-0.05, 0) is 29.5 Å². The molecule has 0 radical (unpaired) electrons. The number of thiazole rings is 1. The number of carboxylic acid groups (broad SMARTS) is 1. The molecule has 1 saturated heterocycles. The van der Waals surface area contributed by atoms with Crippen LogP contribution < -0.4 is 0 Å². The number of hydrogen-bond acceptors (Lipinski definition) is 6. The fourth-order valence-electron chi connectivity index (χ4n) is 4.86. The zero-order chi connectivity index (χ0) is 25.0. The Morgan fingerprint density at radius 1 is 1.14 bits per heavy atom. The third kappa shape index (κ3) is 4.00. The molecule has 1 aliphatic carbocycles. The highest BCUT2D eigenvalue weighted by molar-refractivity contribution is 7.18. The van der Waals surface area contributed by atoms with Crippen LogP contribution in [0.1, 0.15) is 22.4 Å². The van der Waals surface area contributed by atoms with Gasteiger partial charge in [-0.2, -0.15) is 13.2 Å². The van der Waals surface area contributed by atoms with Gasteiger partial charge in [-0.3, -0.25) is 9.69 Å². The maximum Gasteiger partial charge on any atom is 0.422 e. The van der Waals surface area contributed by atoms with Crippen LogP contribution in [0.4, 0.5) is 13.2 Å². The van der Waals surface area contributed by atoms with Gasteiger partial charge in [0.1, 0.15) is 10.6 Å². The summed E-state index contributed by atoms with van der Waals surface area (Å²) in [4.78, 5) is 18.5. The summed E-state index contributed by atoms with van der Waals surface area (Å²) < 4.78 is 47.6. The van der Waals surface area contributed by atoms with E-state index in [-0.39, 0.29) is 22.4 Å². The van der Waals surface area contributed by atoms with Crippen molar-refractivity contribution in [2.75, 3.05) is 13.1 Å². The lowest BCUT2D eigenvalue weighted by atomic mass is 9.91. The van der Waals surface area contributed by atoms with Gasteiger partial charge in [0.05, 0.1) is 16.5 Å². The molecule has 0 amide bonds. The Bertz CT molecular complexity index is 1460. The Kier molecular flexibility index (Phi) is 5.45. The van der Waals surface area contributed by atoms with Crippen LogP contribution in [0.5, 0.6) is 0 Å². The quantitative estimate of drug-likeness (QED) is 0.367. The number of benzene rings is 2. The Balaban J connectivity index is 1.32. The van der Waals surface area contributed by atoms with Crippen LogP contribution in [0.2, 0.25) is 0 Å². The van der Waals surface area contributed by atoms with Crippen molar-refractivity contribution < 1.29 is 27.6 Å². The second-order valence-electron chi connectivity index (χ2n) is 9.11. The van der Waals surface area contributed by atoms with E-state index in [0.717, 1.165) is 33.7 Å². The van der Waals surface area contributed by atoms with Gasteiger partial charge >= 0.3 is 12.1 Å². The molecule has 1 fully saturated rings. The number of aliphatic carboxylic acids is 1. The number of likely N-dealkylation sites (tertiary alicyclic amines) is 1. The van der Waals surface area contributed by atoms with Crippen LogP contribution in [-0.2, 0) is 30.4 Å². The van der Waals surface area contributed by atoms with Crippen LogP contribution in [0.15, 0.2) is 53.1 Å². The lowest BCUT2D eigenvalue weighted by Crippen LogP contribution is -2.49. The predicted molar refractivity (Wildman–Crippen MR) is 127 cm³/mol. The molecule has 6 nitrogen and oxygen atoms in total. The predicted octanol–water partition coefficient (Wildman–Crippen LogP) is 5.77. The third-order valence-electron chi connectivity index (χ3n) is 6.67. The van der Waals surface area contributed by atoms with Gasteiger partial charge in [0.25, 0.3) is 0 Å². The summed E-state index contributed by atoms with van der Waals surface area (Å²) in [5, 5.41) is 13.1. The normalized spacial score (nSPS) is 15.9. The highest BCUT2D eigenvalue weighted by Crippen LogP contribution is 2.47. The van der Waals surface area contributed by atoms with Crippen molar-refractivity contribution >= 4 is 17.3 Å². The standard InChI is InChI=1S/C26H20F3N3O3S/c27-26(28,29)20-21(31-35-22(20)15-4-2-1-3-5-15)24-30-19-9-7-16-10-14(6-8-18(16)23(19)36-24)11-32-12-17(13-32)25(33)34/h1-6,8,10,17H,7,9,11-13H2,(H,33,34). The van der Waals surface area contributed by atoms with Crippen molar-refractivity contribution in [1.29, 1.82) is 0 Å². The number of alkyl halides is 3. The Hall–Kier alpha value is -3.50. The summed E-state index contributed by atoms with van der Waals surface area (Å²) in [5.41, 5.74) is 3.05. The number of fused-ring (bicyclic) bond motifs is 3. The molecule has 0 bridgehead atoms. The molecule has 0 atom stereocenters. The first-order valence-corrected chi connectivity index (χ1v) is 12.3. The molecule has 6 rings (SSSR count). The van der Waals surface area contributed by atoms with Crippen molar-refractivity contribution in [2.24, 2.45) is 5.92 Å². The average molecular weight is 512 g/mol. The summed E-state index contributed by atoms with van der Waals surface area (Å²) in [6.07, 6.45) is -3.30. The Morgan fingerprint density at radius 2 is 1.92 bits per heavy atom. The first kappa shape index (κ1) is 22.9. The first-order chi connectivity index (χ1) is 17.3. The smallest absolute Gasteiger partial charge is 0.422 e. The Morgan fingerprint density at radius 3 is 2.64 bits per heavy atom. The van der Waals surface area contributed by atoms with Gasteiger partial charge in [0.15, 0.2) is 11.5 Å². The molecule has 2 aliphatic rings. The fraction of sp³-hybridized carbons (Fsp3) is 0.269. The number of hydrogen-bond donors (Lipinski definition) is 1. The van der Waals surface area contributed by atoms with E-state index in [1.54, 1.807) is 30.3 Å². The minimum atomic E-state index is -4.66. The van der Waals surface area contributed by atoms with Gasteiger partial charge in [-0.1, -0.05) is 53.7 Å². The zero-order valence-electron chi connectivity index (χ0n) is 18.9. The molecule has 1 aliphatic heterocycles. The molecule has 36 heavy (non-hydrogen) atoms. The number of aromatic nitrogens is 2. The highest BCUT2D eigenvalue weighted by Gasteiger charge is 2.42. The topological polar surface area (TPSA) is 79.5 Å². The number of aryl methyl sites for hydroxylation is 2. The highest BCUT2D eigenvalue weighted by atomic mass is 32.1. The van der Waals surface area contributed by atoms with E-state index in [4.69, 9.17) is 9.63 Å². The summed E-state index contributed by atoms with van der Waals surface area (Å²) in [5.74, 6) is -1.38. The molecule has 2 aromatic heterocycles. The van der Waals surface area contributed by atoms with Gasteiger partial charge in [0.2, 0.25) is 0 Å². The van der Waals surface area contributed by atoms with Gasteiger partial charge in [-0.15, -0.1) is 11.3 Å². The van der Waals surface area contributed by atoms with Crippen LogP contribution in [-0.4, -0.2) is 39.2 Å². The van der Waals surface area contributed by atoms with E-state index in [1.165, 1.54) is 11.3 Å². The number of halogens is 3. The van der Waals surface area contributed by atoms with E-state index in [2.05, 4.69) is 21.1 Å². The molecule has 4 aromatic rings. The minimum Gasteiger partial charge on any atom is -0.481 e. The van der Waals surface area contributed by atoms with Crippen molar-refractivity contribution in [3.05, 3.63) is 70.9 Å². The molecule has 0 spiro atoms. The molecular weight excluding hydrogens is 491 g/mol. The van der Waals surface area contributed by atoms with Gasteiger partial charge in [0, 0.05) is 25.2 Å². The average Bonchev–Trinajstić information content (AvgIpc) is 3.46. The van der Waals surface area contributed by atoms with Crippen LogP contribution in [0.3, 0.4) is 0 Å². The lowest BCUT2D eigenvalue weighted by molar-refractivity contribution is -0.147. The second-order valence-corrected chi connectivity index (χ2v) is 10.1. The molecule has 0 saturated carbocycles. The number of carbonyl (C=O) groups is 1. The summed E-state index contributed by atoms with van der Waals surface area (Å²) in [7, 11) is 0. The van der Waals surface area contributed by atoms with E-state index >= 15 is 0 Å². The van der Waals surface area contributed by atoms with Crippen LogP contribution in [0.25, 0.3) is 32.5 Å².